The van der Waals surface area contributed by atoms with Crippen LogP contribution in [0.1, 0.15) is 25.3 Å². The van der Waals surface area contributed by atoms with Crippen LogP contribution in [0, 0.1) is 0 Å². The number of hydrogen-bond acceptors (Lipinski definition) is 3. The van der Waals surface area contributed by atoms with E-state index in [-0.39, 0.29) is 5.54 Å². The average molecular weight is 318 g/mol. The summed E-state index contributed by atoms with van der Waals surface area (Å²) in [6, 6.07) is 5.49. The predicted molar refractivity (Wildman–Crippen MR) is 71.8 cm³/mol. The Morgan fingerprint density at radius 1 is 1.41 bits per heavy atom. The Morgan fingerprint density at radius 2 is 2.12 bits per heavy atom. The van der Waals surface area contributed by atoms with Crippen molar-refractivity contribution in [2.75, 3.05) is 12.8 Å². The molecule has 3 nitrogen and oxygen atoms in total. The van der Waals surface area contributed by atoms with Gasteiger partial charge in [0, 0.05) is 16.3 Å². The Balaban J connectivity index is 2.44. The van der Waals surface area contributed by atoms with Gasteiger partial charge in [0.15, 0.2) is 9.84 Å². The summed E-state index contributed by atoms with van der Waals surface area (Å²) in [6.45, 7) is 3.17. The fraction of sp³-hybridized carbons (Fsp3) is 0.500. The summed E-state index contributed by atoms with van der Waals surface area (Å²) in [5, 5.41) is 3.46. The van der Waals surface area contributed by atoms with Gasteiger partial charge in [-0.1, -0.05) is 6.07 Å². The molecule has 1 aliphatic rings. The maximum atomic E-state index is 11.5. The van der Waals surface area contributed by atoms with Gasteiger partial charge in [-0.25, -0.2) is 8.42 Å². The third kappa shape index (κ3) is 2.56. The minimum Gasteiger partial charge on any atom is -0.308 e. The van der Waals surface area contributed by atoms with Gasteiger partial charge in [-0.05, 0) is 59.9 Å². The zero-order valence-electron chi connectivity index (χ0n) is 9.96. The third-order valence-electron chi connectivity index (χ3n) is 3.34. The SMILES string of the molecule is CC1(c2ccc(S(C)(=O)=O)c(Br)c2)CCCN1. The Labute approximate surface area is 111 Å². The Kier molecular flexibility index (Phi) is 3.36. The first-order valence-corrected chi connectivity index (χ1v) is 8.26. The van der Waals surface area contributed by atoms with Crippen LogP contribution >= 0.6 is 15.9 Å². The lowest BCUT2D eigenvalue weighted by Gasteiger charge is -2.25. The van der Waals surface area contributed by atoms with Gasteiger partial charge in [0.05, 0.1) is 4.90 Å². The molecule has 1 aromatic carbocycles. The minimum atomic E-state index is -3.16. The summed E-state index contributed by atoms with van der Waals surface area (Å²) in [7, 11) is -3.16. The lowest BCUT2D eigenvalue weighted by molar-refractivity contribution is 0.434. The lowest BCUT2D eigenvalue weighted by atomic mass is 9.91. The highest BCUT2D eigenvalue weighted by Crippen LogP contribution is 2.33. The fourth-order valence-electron chi connectivity index (χ4n) is 2.29. The molecule has 94 valence electrons. The average Bonchev–Trinajstić information content (AvgIpc) is 2.64. The number of nitrogens with one attached hydrogen (secondary N) is 1. The summed E-state index contributed by atoms with van der Waals surface area (Å²) >= 11 is 3.35. The molecular formula is C12H16BrNO2S. The molecule has 0 aliphatic carbocycles. The summed E-state index contributed by atoms with van der Waals surface area (Å²) in [5.74, 6) is 0. The van der Waals surface area contributed by atoms with Crippen LogP contribution in [0.5, 0.6) is 0 Å². The second-order valence-corrected chi connectivity index (χ2v) is 7.62. The Morgan fingerprint density at radius 3 is 2.59 bits per heavy atom. The second kappa shape index (κ2) is 4.37. The van der Waals surface area contributed by atoms with Crippen molar-refractivity contribution in [1.29, 1.82) is 0 Å². The van der Waals surface area contributed by atoms with E-state index in [4.69, 9.17) is 0 Å². The molecule has 1 saturated heterocycles. The van der Waals surface area contributed by atoms with Crippen molar-refractivity contribution in [2.45, 2.75) is 30.2 Å². The molecule has 0 spiro atoms. The van der Waals surface area contributed by atoms with E-state index in [0.29, 0.717) is 9.37 Å². The van der Waals surface area contributed by atoms with Crippen LogP contribution in [0.3, 0.4) is 0 Å². The van der Waals surface area contributed by atoms with Crippen LogP contribution in [0.15, 0.2) is 27.6 Å². The Hall–Kier alpha value is -0.390. The quantitative estimate of drug-likeness (QED) is 0.911. The summed E-state index contributed by atoms with van der Waals surface area (Å²) in [6.07, 6.45) is 3.46. The topological polar surface area (TPSA) is 46.2 Å². The van der Waals surface area contributed by atoms with E-state index in [0.717, 1.165) is 24.9 Å². The zero-order chi connectivity index (χ0) is 12.7. The molecule has 0 aromatic heterocycles. The molecule has 1 N–H and O–H groups in total. The van der Waals surface area contributed by atoms with E-state index in [1.165, 1.54) is 6.26 Å². The van der Waals surface area contributed by atoms with Gasteiger partial charge in [0.2, 0.25) is 0 Å². The molecule has 1 atom stereocenters. The predicted octanol–water partition coefficient (Wildman–Crippen LogP) is 2.45. The van der Waals surface area contributed by atoms with Crippen molar-refractivity contribution >= 4 is 25.8 Å². The number of rotatable bonds is 2. The molecule has 0 saturated carbocycles. The third-order valence-corrected chi connectivity index (χ3v) is 5.41. The maximum Gasteiger partial charge on any atom is 0.176 e. The van der Waals surface area contributed by atoms with Gasteiger partial charge in [-0.2, -0.15) is 0 Å². The van der Waals surface area contributed by atoms with Crippen molar-refractivity contribution < 1.29 is 8.42 Å². The zero-order valence-corrected chi connectivity index (χ0v) is 12.4. The number of halogens is 1. The number of benzene rings is 1. The maximum absolute atomic E-state index is 11.5. The van der Waals surface area contributed by atoms with Crippen molar-refractivity contribution in [3.05, 3.63) is 28.2 Å². The van der Waals surface area contributed by atoms with E-state index in [1.807, 2.05) is 12.1 Å². The number of sulfone groups is 1. The first-order chi connectivity index (χ1) is 7.83. The molecule has 1 heterocycles. The van der Waals surface area contributed by atoms with Crippen LogP contribution in [0.25, 0.3) is 0 Å². The lowest BCUT2D eigenvalue weighted by Crippen LogP contribution is -2.33. The first-order valence-electron chi connectivity index (χ1n) is 5.58. The molecule has 2 rings (SSSR count). The molecule has 0 bridgehead atoms. The van der Waals surface area contributed by atoms with Crippen LogP contribution in [-0.2, 0) is 15.4 Å². The molecule has 0 amide bonds. The van der Waals surface area contributed by atoms with Crippen LogP contribution < -0.4 is 5.32 Å². The van der Waals surface area contributed by atoms with Crippen molar-refractivity contribution in [3.8, 4) is 0 Å². The molecule has 1 aliphatic heterocycles. The highest BCUT2D eigenvalue weighted by Gasteiger charge is 2.30. The largest absolute Gasteiger partial charge is 0.308 e. The first kappa shape index (κ1) is 13.1. The monoisotopic (exact) mass is 317 g/mol. The smallest absolute Gasteiger partial charge is 0.176 e. The van der Waals surface area contributed by atoms with Crippen molar-refractivity contribution in [1.82, 2.24) is 5.32 Å². The molecule has 1 unspecified atom stereocenters. The van der Waals surface area contributed by atoms with Crippen molar-refractivity contribution in [3.63, 3.8) is 0 Å². The second-order valence-electron chi connectivity index (χ2n) is 4.78. The molecular weight excluding hydrogens is 302 g/mol. The van der Waals surface area contributed by atoms with Gasteiger partial charge < -0.3 is 5.32 Å². The summed E-state index contributed by atoms with van der Waals surface area (Å²) in [4.78, 5) is 0.350. The summed E-state index contributed by atoms with van der Waals surface area (Å²) in [5.41, 5.74) is 1.10. The molecule has 1 fully saturated rings. The van der Waals surface area contributed by atoms with E-state index < -0.39 is 9.84 Å². The molecule has 17 heavy (non-hydrogen) atoms. The van der Waals surface area contributed by atoms with Crippen LogP contribution in [-0.4, -0.2) is 21.2 Å². The van der Waals surface area contributed by atoms with E-state index >= 15 is 0 Å². The molecule has 0 radical (unpaired) electrons. The van der Waals surface area contributed by atoms with Gasteiger partial charge in [0.25, 0.3) is 0 Å². The standard InChI is InChI=1S/C12H16BrNO2S/c1-12(6-3-7-14-12)9-4-5-11(10(13)8-9)17(2,15)16/h4-5,8,14H,3,6-7H2,1-2H3. The van der Waals surface area contributed by atoms with E-state index in [9.17, 15) is 8.42 Å². The minimum absolute atomic E-state index is 0.0292. The molecule has 5 heteroatoms. The highest BCUT2D eigenvalue weighted by atomic mass is 79.9. The van der Waals surface area contributed by atoms with Crippen molar-refractivity contribution in [2.24, 2.45) is 0 Å². The van der Waals surface area contributed by atoms with Gasteiger partial charge in [-0.3, -0.25) is 0 Å². The number of hydrogen-bond donors (Lipinski definition) is 1. The van der Waals surface area contributed by atoms with Crippen LogP contribution in [0.2, 0.25) is 0 Å². The van der Waals surface area contributed by atoms with Gasteiger partial charge in [-0.15, -0.1) is 0 Å². The van der Waals surface area contributed by atoms with E-state index in [1.54, 1.807) is 6.07 Å². The van der Waals surface area contributed by atoms with E-state index in [2.05, 4.69) is 28.2 Å². The Bertz CT molecular complexity index is 533. The highest BCUT2D eigenvalue weighted by molar-refractivity contribution is 9.10. The normalized spacial score (nSPS) is 25.1. The molecule has 1 aromatic rings. The van der Waals surface area contributed by atoms with Gasteiger partial charge in [0.1, 0.15) is 0 Å². The van der Waals surface area contributed by atoms with Gasteiger partial charge >= 0.3 is 0 Å². The van der Waals surface area contributed by atoms with Crippen LogP contribution in [0.4, 0.5) is 0 Å². The summed E-state index contributed by atoms with van der Waals surface area (Å²) < 4.78 is 23.7. The fourth-order valence-corrected chi connectivity index (χ4v) is 4.28.